The summed E-state index contributed by atoms with van der Waals surface area (Å²) < 4.78 is 0. The van der Waals surface area contributed by atoms with E-state index < -0.39 is 0 Å². The third kappa shape index (κ3) is 4.74. The van der Waals surface area contributed by atoms with Gasteiger partial charge in [-0.2, -0.15) is 0 Å². The van der Waals surface area contributed by atoms with Crippen molar-refractivity contribution in [3.63, 3.8) is 0 Å². The molecule has 4 heteroatoms. The van der Waals surface area contributed by atoms with Gasteiger partial charge in [-0.05, 0) is 37.8 Å². The Bertz CT molecular complexity index is 523. The first-order chi connectivity index (χ1) is 10.2. The second-order valence-corrected chi connectivity index (χ2v) is 5.38. The van der Waals surface area contributed by atoms with Gasteiger partial charge in [0.2, 0.25) is 11.8 Å². The number of nitrogens with two attached hydrogens (primary N) is 1. The van der Waals surface area contributed by atoms with Crippen molar-refractivity contribution in [2.75, 3.05) is 11.4 Å². The smallest absolute Gasteiger partial charge is 0.231 e. The van der Waals surface area contributed by atoms with Crippen LogP contribution in [-0.4, -0.2) is 18.4 Å². The van der Waals surface area contributed by atoms with Crippen molar-refractivity contribution in [1.29, 1.82) is 0 Å². The standard InChI is InChI=1S/C17H22N2O2/c18-16(20)11-12-19(15-9-5-2-6-10-15)17(21)13-14-7-3-1-4-8-14/h2,5-7,9-10H,1,3-4,8,11-13H2,(H2,18,20). The number of primary amides is 1. The zero-order chi connectivity index (χ0) is 15.1. The summed E-state index contributed by atoms with van der Waals surface area (Å²) in [6, 6.07) is 9.45. The van der Waals surface area contributed by atoms with Crippen molar-refractivity contribution >= 4 is 17.5 Å². The molecule has 2 N–H and O–H groups in total. The van der Waals surface area contributed by atoms with Gasteiger partial charge in [0.25, 0.3) is 0 Å². The van der Waals surface area contributed by atoms with Crippen LogP contribution in [0.2, 0.25) is 0 Å². The number of amides is 2. The summed E-state index contributed by atoms with van der Waals surface area (Å²) in [7, 11) is 0. The monoisotopic (exact) mass is 286 g/mol. The Kier molecular flexibility index (Phi) is 5.55. The fourth-order valence-electron chi connectivity index (χ4n) is 2.58. The highest BCUT2D eigenvalue weighted by Crippen LogP contribution is 2.23. The summed E-state index contributed by atoms with van der Waals surface area (Å²) in [4.78, 5) is 25.2. The SMILES string of the molecule is NC(=O)CCN(C(=O)CC1=CCCCC1)c1ccccc1. The molecule has 0 heterocycles. The lowest BCUT2D eigenvalue weighted by Gasteiger charge is -2.23. The number of benzene rings is 1. The molecule has 0 radical (unpaired) electrons. The highest BCUT2D eigenvalue weighted by Gasteiger charge is 2.18. The van der Waals surface area contributed by atoms with Crippen LogP contribution >= 0.6 is 0 Å². The van der Waals surface area contributed by atoms with Crippen molar-refractivity contribution in [1.82, 2.24) is 0 Å². The predicted molar refractivity (Wildman–Crippen MR) is 83.8 cm³/mol. The molecule has 2 amide bonds. The maximum absolute atomic E-state index is 12.6. The van der Waals surface area contributed by atoms with Crippen LogP contribution in [-0.2, 0) is 9.59 Å². The number of carbonyl (C=O) groups is 2. The third-order valence-electron chi connectivity index (χ3n) is 3.71. The van der Waals surface area contributed by atoms with E-state index in [1.807, 2.05) is 30.3 Å². The Hall–Kier alpha value is -2.10. The number of rotatable bonds is 6. The van der Waals surface area contributed by atoms with Crippen molar-refractivity contribution in [2.45, 2.75) is 38.5 Å². The van der Waals surface area contributed by atoms with E-state index in [0.717, 1.165) is 24.9 Å². The molecule has 4 nitrogen and oxygen atoms in total. The molecule has 0 aliphatic heterocycles. The molecule has 1 aliphatic rings. The van der Waals surface area contributed by atoms with Crippen LogP contribution in [0.1, 0.15) is 38.5 Å². The minimum atomic E-state index is -0.388. The first-order valence-corrected chi connectivity index (χ1v) is 7.48. The Morgan fingerprint density at radius 2 is 1.90 bits per heavy atom. The van der Waals surface area contributed by atoms with E-state index in [-0.39, 0.29) is 18.2 Å². The molecule has 0 saturated heterocycles. The van der Waals surface area contributed by atoms with Gasteiger partial charge in [-0.25, -0.2) is 0 Å². The van der Waals surface area contributed by atoms with Gasteiger partial charge in [0.05, 0.1) is 0 Å². The zero-order valence-corrected chi connectivity index (χ0v) is 12.3. The van der Waals surface area contributed by atoms with Crippen molar-refractivity contribution in [3.05, 3.63) is 42.0 Å². The first kappa shape index (κ1) is 15.3. The van der Waals surface area contributed by atoms with Gasteiger partial charge in [-0.3, -0.25) is 9.59 Å². The van der Waals surface area contributed by atoms with Gasteiger partial charge in [-0.15, -0.1) is 0 Å². The summed E-state index contributed by atoms with van der Waals surface area (Å²) in [5.74, 6) is -0.351. The predicted octanol–water partition coefficient (Wildman–Crippen LogP) is 2.79. The molecule has 0 fully saturated rings. The summed E-state index contributed by atoms with van der Waals surface area (Å²) in [5, 5.41) is 0. The van der Waals surface area contributed by atoms with Gasteiger partial charge in [0.15, 0.2) is 0 Å². The minimum absolute atomic E-state index is 0.0376. The molecule has 0 bridgehead atoms. The Balaban J connectivity index is 2.08. The molecule has 1 aromatic carbocycles. The van der Waals surface area contributed by atoms with Crippen molar-refractivity contribution in [2.24, 2.45) is 5.73 Å². The lowest BCUT2D eigenvalue weighted by atomic mass is 9.96. The first-order valence-electron chi connectivity index (χ1n) is 7.48. The molecule has 2 rings (SSSR count). The fraction of sp³-hybridized carbons (Fsp3) is 0.412. The summed E-state index contributed by atoms with van der Waals surface area (Å²) in [6.45, 7) is 0.339. The van der Waals surface area contributed by atoms with Crippen LogP contribution in [0.25, 0.3) is 0 Å². The van der Waals surface area contributed by atoms with Crippen molar-refractivity contribution < 1.29 is 9.59 Å². The minimum Gasteiger partial charge on any atom is -0.370 e. The number of nitrogens with zero attached hydrogens (tertiary/aromatic N) is 1. The van der Waals surface area contributed by atoms with E-state index in [9.17, 15) is 9.59 Å². The quantitative estimate of drug-likeness (QED) is 0.817. The third-order valence-corrected chi connectivity index (χ3v) is 3.71. The highest BCUT2D eigenvalue weighted by molar-refractivity contribution is 5.95. The summed E-state index contributed by atoms with van der Waals surface area (Å²) in [6.07, 6.45) is 7.24. The van der Waals surface area contributed by atoms with E-state index >= 15 is 0 Å². The van der Waals surface area contributed by atoms with Gasteiger partial charge < -0.3 is 10.6 Å². The van der Waals surface area contributed by atoms with E-state index in [1.54, 1.807) is 4.90 Å². The Labute approximate surface area is 125 Å². The normalized spacial score (nSPS) is 14.4. The van der Waals surface area contributed by atoms with Gasteiger partial charge in [0.1, 0.15) is 0 Å². The maximum atomic E-state index is 12.6. The Morgan fingerprint density at radius 1 is 1.14 bits per heavy atom. The van der Waals surface area contributed by atoms with Gasteiger partial charge in [0, 0.05) is 25.1 Å². The molecule has 0 unspecified atom stereocenters. The molecular formula is C17H22N2O2. The fourth-order valence-corrected chi connectivity index (χ4v) is 2.58. The molecule has 0 saturated carbocycles. The average Bonchev–Trinajstić information content (AvgIpc) is 2.49. The lowest BCUT2D eigenvalue weighted by Crippen LogP contribution is -2.34. The summed E-state index contributed by atoms with van der Waals surface area (Å²) >= 11 is 0. The van der Waals surface area contributed by atoms with E-state index in [4.69, 9.17) is 5.73 Å². The van der Waals surface area contributed by atoms with Gasteiger partial charge >= 0.3 is 0 Å². The van der Waals surface area contributed by atoms with Crippen LogP contribution < -0.4 is 10.6 Å². The van der Waals surface area contributed by atoms with Crippen LogP contribution in [0.5, 0.6) is 0 Å². The Morgan fingerprint density at radius 3 is 2.52 bits per heavy atom. The number of carbonyl (C=O) groups excluding carboxylic acids is 2. The van der Waals surface area contributed by atoms with Crippen LogP contribution in [0, 0.1) is 0 Å². The topological polar surface area (TPSA) is 63.4 Å². The molecule has 112 valence electrons. The van der Waals surface area contributed by atoms with Crippen LogP contribution in [0.3, 0.4) is 0 Å². The second kappa shape index (κ2) is 7.62. The van der Waals surface area contributed by atoms with Gasteiger partial charge in [-0.1, -0.05) is 29.8 Å². The number of anilines is 1. The molecule has 0 aromatic heterocycles. The number of para-hydroxylation sites is 1. The van der Waals surface area contributed by atoms with E-state index in [2.05, 4.69) is 6.08 Å². The number of allylic oxidation sites excluding steroid dienone is 1. The molecular weight excluding hydrogens is 264 g/mol. The maximum Gasteiger partial charge on any atom is 0.231 e. The molecule has 0 spiro atoms. The zero-order valence-electron chi connectivity index (χ0n) is 12.3. The van der Waals surface area contributed by atoms with E-state index in [0.29, 0.717) is 13.0 Å². The second-order valence-electron chi connectivity index (χ2n) is 5.38. The highest BCUT2D eigenvalue weighted by atomic mass is 16.2. The molecule has 1 aromatic rings. The largest absolute Gasteiger partial charge is 0.370 e. The lowest BCUT2D eigenvalue weighted by molar-refractivity contribution is -0.118. The molecule has 21 heavy (non-hydrogen) atoms. The molecule has 1 aliphatic carbocycles. The summed E-state index contributed by atoms with van der Waals surface area (Å²) in [5.41, 5.74) is 7.25. The number of hydrogen-bond donors (Lipinski definition) is 1. The van der Waals surface area contributed by atoms with Crippen LogP contribution in [0.15, 0.2) is 42.0 Å². The number of hydrogen-bond acceptors (Lipinski definition) is 2. The van der Waals surface area contributed by atoms with Crippen LogP contribution in [0.4, 0.5) is 5.69 Å². The molecule has 0 atom stereocenters. The average molecular weight is 286 g/mol. The van der Waals surface area contributed by atoms with E-state index in [1.165, 1.54) is 12.0 Å². The van der Waals surface area contributed by atoms with Crippen molar-refractivity contribution in [3.8, 4) is 0 Å².